The minimum absolute atomic E-state index is 0.0166. The Labute approximate surface area is 307 Å². The van der Waals surface area contributed by atoms with Gasteiger partial charge in [-0.05, 0) is 113 Å². The SMILES string of the molecule is CC(C)(C)NC[C@H](O)COc1ccccc1C1CCCC1.OCc1cc(C(O)CNCCCCCCOCCCCc2ccccc2)ccc1O. The molecule has 0 aromatic heterocycles. The Bertz CT molecular complexity index is 1330. The van der Waals surface area contributed by atoms with Gasteiger partial charge in [0.05, 0.1) is 12.7 Å². The second kappa shape index (κ2) is 24.3. The highest BCUT2D eigenvalue weighted by Gasteiger charge is 2.21. The van der Waals surface area contributed by atoms with Gasteiger partial charge in [-0.25, -0.2) is 0 Å². The fourth-order valence-electron chi connectivity index (χ4n) is 6.24. The van der Waals surface area contributed by atoms with Crippen molar-refractivity contribution in [3.63, 3.8) is 0 Å². The normalized spacial score (nSPS) is 14.5. The number of rotatable bonds is 22. The second-order valence-electron chi connectivity index (χ2n) is 14.9. The molecule has 0 spiro atoms. The molecule has 1 fully saturated rings. The van der Waals surface area contributed by atoms with Crippen LogP contribution in [-0.4, -0.2) is 71.5 Å². The van der Waals surface area contributed by atoms with E-state index in [0.29, 0.717) is 36.7 Å². The third kappa shape index (κ3) is 17.9. The van der Waals surface area contributed by atoms with Gasteiger partial charge >= 0.3 is 0 Å². The van der Waals surface area contributed by atoms with E-state index in [4.69, 9.17) is 9.47 Å². The molecule has 0 amide bonds. The predicted molar refractivity (Wildman–Crippen MR) is 207 cm³/mol. The highest BCUT2D eigenvalue weighted by atomic mass is 16.5. The number of unbranched alkanes of at least 4 members (excludes halogenated alkanes) is 4. The van der Waals surface area contributed by atoms with Crippen LogP contribution in [0.1, 0.15) is 119 Å². The zero-order valence-electron chi connectivity index (χ0n) is 31.5. The maximum atomic E-state index is 10.2. The lowest BCUT2D eigenvalue weighted by Gasteiger charge is -2.23. The zero-order valence-corrected chi connectivity index (χ0v) is 31.5. The van der Waals surface area contributed by atoms with Crippen LogP contribution in [0.4, 0.5) is 0 Å². The first-order valence-electron chi connectivity index (χ1n) is 19.2. The first kappa shape index (κ1) is 42.4. The number of benzene rings is 3. The first-order valence-corrected chi connectivity index (χ1v) is 19.2. The summed E-state index contributed by atoms with van der Waals surface area (Å²) in [5, 5.41) is 45.6. The van der Waals surface area contributed by atoms with Crippen LogP contribution in [0.5, 0.6) is 11.5 Å². The summed E-state index contributed by atoms with van der Waals surface area (Å²) < 4.78 is 11.6. The molecule has 1 unspecified atom stereocenters. The molecule has 0 heterocycles. The molecule has 6 N–H and O–H groups in total. The minimum Gasteiger partial charge on any atom is -0.508 e. The number of hydrogen-bond acceptors (Lipinski definition) is 8. The zero-order chi connectivity index (χ0) is 36.7. The summed E-state index contributed by atoms with van der Waals surface area (Å²) in [5.74, 6) is 1.63. The standard InChI is InChI=1S/C25H37NO4.C18H29NO2/c27-20-23-18-22(13-14-24(23)28)25(29)19-26-15-7-1-2-8-16-30-17-9-6-12-21-10-4-3-5-11-21;1-18(2,3)19-12-15(20)13-21-17-11-7-6-10-16(17)14-8-4-5-9-14/h3-5,10-11,13-14,18,25-29H,1-2,6-9,12,15-17,19-20H2;6-7,10-11,14-15,19-20H,4-5,8-9,12-13H2,1-3H3/t;15-/m.0/s1. The van der Waals surface area contributed by atoms with Crippen LogP contribution >= 0.6 is 0 Å². The number of hydrogen-bond donors (Lipinski definition) is 6. The van der Waals surface area contributed by atoms with Crippen molar-refractivity contribution in [2.45, 2.75) is 122 Å². The molecule has 0 saturated heterocycles. The summed E-state index contributed by atoms with van der Waals surface area (Å²) in [5.41, 5.74) is 3.86. The maximum absolute atomic E-state index is 10.2. The van der Waals surface area contributed by atoms with E-state index < -0.39 is 12.2 Å². The average molecular weight is 707 g/mol. The molecule has 4 rings (SSSR count). The van der Waals surface area contributed by atoms with Gasteiger partial charge in [0, 0.05) is 37.4 Å². The molecule has 0 radical (unpaired) electrons. The Morgan fingerprint density at radius 3 is 2.22 bits per heavy atom. The quantitative estimate of drug-likeness (QED) is 0.0592. The summed E-state index contributed by atoms with van der Waals surface area (Å²) in [4.78, 5) is 0. The number of ether oxygens (including phenoxy) is 2. The number of aliphatic hydroxyl groups is 3. The van der Waals surface area contributed by atoms with Crippen molar-refractivity contribution in [2.24, 2.45) is 0 Å². The fraction of sp³-hybridized carbons (Fsp3) is 0.581. The predicted octanol–water partition coefficient (Wildman–Crippen LogP) is 7.58. The number of aryl methyl sites for hydroxylation is 1. The number of para-hydroxylation sites is 1. The van der Waals surface area contributed by atoms with Gasteiger partial charge in [0.15, 0.2) is 0 Å². The lowest BCUT2D eigenvalue weighted by molar-refractivity contribution is 0.0993. The maximum Gasteiger partial charge on any atom is 0.122 e. The van der Waals surface area contributed by atoms with Crippen LogP contribution in [0, 0.1) is 0 Å². The molecule has 284 valence electrons. The van der Waals surface area contributed by atoms with Gasteiger partial charge in [0.2, 0.25) is 0 Å². The van der Waals surface area contributed by atoms with Gasteiger partial charge in [0.25, 0.3) is 0 Å². The van der Waals surface area contributed by atoms with Crippen LogP contribution in [0.2, 0.25) is 0 Å². The molecule has 8 heteroatoms. The third-order valence-corrected chi connectivity index (χ3v) is 9.25. The van der Waals surface area contributed by atoms with E-state index in [9.17, 15) is 20.4 Å². The van der Waals surface area contributed by atoms with Crippen LogP contribution in [0.25, 0.3) is 0 Å². The van der Waals surface area contributed by atoms with Crippen molar-refractivity contribution >= 4 is 0 Å². The average Bonchev–Trinajstić information content (AvgIpc) is 3.67. The van der Waals surface area contributed by atoms with E-state index in [1.54, 1.807) is 12.1 Å². The molecule has 3 aromatic rings. The highest BCUT2D eigenvalue weighted by molar-refractivity contribution is 5.37. The number of β-amino-alcohol motifs (C(OH)–C–C–N with tert-alkyl or cyclic N) is 1. The van der Waals surface area contributed by atoms with Crippen LogP contribution in [0.15, 0.2) is 72.8 Å². The lowest BCUT2D eigenvalue weighted by Crippen LogP contribution is -2.42. The number of aromatic hydroxyl groups is 1. The largest absolute Gasteiger partial charge is 0.508 e. The molecule has 8 nitrogen and oxygen atoms in total. The summed E-state index contributed by atoms with van der Waals surface area (Å²) in [6.45, 7) is 9.94. The van der Waals surface area contributed by atoms with Crippen molar-refractivity contribution in [1.82, 2.24) is 10.6 Å². The summed E-state index contributed by atoms with van der Waals surface area (Å²) >= 11 is 0. The van der Waals surface area contributed by atoms with Crippen LogP contribution < -0.4 is 15.4 Å². The number of phenols is 1. The molecule has 51 heavy (non-hydrogen) atoms. The van der Waals surface area contributed by atoms with Gasteiger partial charge < -0.3 is 40.5 Å². The third-order valence-electron chi connectivity index (χ3n) is 9.25. The van der Waals surface area contributed by atoms with Crippen molar-refractivity contribution in [3.05, 3.63) is 95.1 Å². The molecule has 0 aliphatic heterocycles. The minimum atomic E-state index is -0.647. The van der Waals surface area contributed by atoms with Gasteiger partial charge in [-0.15, -0.1) is 0 Å². The van der Waals surface area contributed by atoms with E-state index >= 15 is 0 Å². The molecule has 1 saturated carbocycles. The van der Waals surface area contributed by atoms with Gasteiger partial charge in [0.1, 0.15) is 24.2 Å². The Morgan fingerprint density at radius 1 is 0.804 bits per heavy atom. The van der Waals surface area contributed by atoms with Crippen LogP contribution in [0.3, 0.4) is 0 Å². The van der Waals surface area contributed by atoms with E-state index in [1.165, 1.54) is 49.3 Å². The van der Waals surface area contributed by atoms with Gasteiger partial charge in [-0.1, -0.05) is 80.3 Å². The molecule has 0 bridgehead atoms. The van der Waals surface area contributed by atoms with Gasteiger partial charge in [-0.2, -0.15) is 0 Å². The summed E-state index contributed by atoms with van der Waals surface area (Å²) in [6, 6.07) is 23.7. The second-order valence-corrected chi connectivity index (χ2v) is 14.9. The summed E-state index contributed by atoms with van der Waals surface area (Å²) in [7, 11) is 0. The molecule has 1 aliphatic rings. The monoisotopic (exact) mass is 706 g/mol. The Hall–Kier alpha value is -2.98. The Kier molecular flexibility index (Phi) is 20.2. The van der Waals surface area contributed by atoms with Crippen LogP contribution in [-0.2, 0) is 17.8 Å². The first-order chi connectivity index (χ1) is 24.7. The smallest absolute Gasteiger partial charge is 0.122 e. The topological polar surface area (TPSA) is 123 Å². The molecule has 3 aromatic carbocycles. The number of nitrogens with one attached hydrogen (secondary N) is 2. The molecule has 1 aliphatic carbocycles. The molecular formula is C43H66N2O6. The van der Waals surface area contributed by atoms with E-state index in [-0.39, 0.29) is 17.9 Å². The van der Waals surface area contributed by atoms with Crippen molar-refractivity contribution in [2.75, 3.05) is 39.5 Å². The number of aliphatic hydroxyl groups excluding tert-OH is 3. The Balaban J connectivity index is 0.000000293. The van der Waals surface area contributed by atoms with Crippen molar-refractivity contribution in [3.8, 4) is 11.5 Å². The molecule has 2 atom stereocenters. The van der Waals surface area contributed by atoms with E-state index in [1.807, 2.05) is 12.1 Å². The van der Waals surface area contributed by atoms with E-state index in [2.05, 4.69) is 73.9 Å². The Morgan fingerprint density at radius 2 is 1.49 bits per heavy atom. The fourth-order valence-corrected chi connectivity index (χ4v) is 6.24. The highest BCUT2D eigenvalue weighted by Crippen LogP contribution is 2.38. The van der Waals surface area contributed by atoms with E-state index in [0.717, 1.165) is 64.0 Å². The van der Waals surface area contributed by atoms with Crippen molar-refractivity contribution in [1.29, 1.82) is 0 Å². The lowest BCUT2D eigenvalue weighted by atomic mass is 9.97. The van der Waals surface area contributed by atoms with Crippen molar-refractivity contribution < 1.29 is 29.9 Å². The molecular weight excluding hydrogens is 640 g/mol. The van der Waals surface area contributed by atoms with Gasteiger partial charge in [-0.3, -0.25) is 0 Å². The summed E-state index contributed by atoms with van der Waals surface area (Å²) in [6.07, 6.45) is 11.9.